The van der Waals surface area contributed by atoms with Gasteiger partial charge in [-0.3, -0.25) is 9.59 Å². The lowest BCUT2D eigenvalue weighted by molar-refractivity contribution is -0.126. The Bertz CT molecular complexity index is 792. The molecule has 30 heavy (non-hydrogen) atoms. The molecule has 1 aliphatic heterocycles. The highest BCUT2D eigenvalue weighted by atomic mass is 16.3. The zero-order valence-electron chi connectivity index (χ0n) is 19.7. The molecule has 0 bridgehead atoms. The maximum absolute atomic E-state index is 13.3. The molecule has 0 aromatic carbocycles. The Kier molecular flexibility index (Phi) is 6.64. The van der Waals surface area contributed by atoms with E-state index in [-0.39, 0.29) is 46.7 Å². The quantitative estimate of drug-likeness (QED) is 0.294. The molecule has 4 nitrogen and oxygen atoms in total. The van der Waals surface area contributed by atoms with Crippen molar-refractivity contribution in [1.82, 2.24) is 4.90 Å². The topological polar surface area (TPSA) is 57.6 Å². The second kappa shape index (κ2) is 8.72. The van der Waals surface area contributed by atoms with E-state index in [0.717, 1.165) is 19.3 Å². The Morgan fingerprint density at radius 3 is 2.53 bits per heavy atom. The summed E-state index contributed by atoms with van der Waals surface area (Å²) in [6.07, 6.45) is 9.66. The molecule has 166 valence electrons. The van der Waals surface area contributed by atoms with Crippen molar-refractivity contribution in [3.8, 4) is 0 Å². The Morgan fingerprint density at radius 1 is 1.27 bits per heavy atom. The van der Waals surface area contributed by atoms with Gasteiger partial charge in [-0.15, -0.1) is 0 Å². The van der Waals surface area contributed by atoms with E-state index in [1.165, 1.54) is 5.57 Å². The van der Waals surface area contributed by atoms with Crippen molar-refractivity contribution in [3.63, 3.8) is 0 Å². The van der Waals surface area contributed by atoms with Crippen LogP contribution in [0.3, 0.4) is 0 Å². The van der Waals surface area contributed by atoms with E-state index in [4.69, 9.17) is 0 Å². The van der Waals surface area contributed by atoms with Gasteiger partial charge in [-0.2, -0.15) is 0 Å². The van der Waals surface area contributed by atoms with Crippen LogP contribution in [0.1, 0.15) is 60.8 Å². The van der Waals surface area contributed by atoms with Crippen LogP contribution in [-0.4, -0.2) is 34.8 Å². The number of carbonyl (C=O) groups is 2. The van der Waals surface area contributed by atoms with Gasteiger partial charge in [0.1, 0.15) is 11.3 Å². The summed E-state index contributed by atoms with van der Waals surface area (Å²) in [4.78, 5) is 28.0. The highest BCUT2D eigenvalue weighted by molar-refractivity contribution is 6.26. The summed E-state index contributed by atoms with van der Waals surface area (Å²) in [6.45, 7) is 12.7. The lowest BCUT2D eigenvalue weighted by Crippen LogP contribution is -2.42. The number of carbonyl (C=O) groups excluding carboxylic acids is 2. The van der Waals surface area contributed by atoms with Gasteiger partial charge in [0.25, 0.3) is 5.91 Å². The molecule has 4 heteroatoms. The summed E-state index contributed by atoms with van der Waals surface area (Å²) in [5.41, 5.74) is 1.22. The molecule has 2 fully saturated rings. The highest BCUT2D eigenvalue weighted by Crippen LogP contribution is 2.52. The van der Waals surface area contributed by atoms with Gasteiger partial charge in [-0.25, -0.2) is 0 Å². The third kappa shape index (κ3) is 3.67. The van der Waals surface area contributed by atoms with Crippen LogP contribution in [0, 0.1) is 41.4 Å². The number of allylic oxidation sites excluding steroid dienone is 5. The number of fused-ring (bicyclic) bond motifs is 1. The first-order chi connectivity index (χ1) is 14.1. The number of aliphatic hydroxyl groups is 1. The molecule has 8 atom stereocenters. The number of rotatable bonds is 4. The minimum atomic E-state index is -0.473. The van der Waals surface area contributed by atoms with Gasteiger partial charge < -0.3 is 10.0 Å². The van der Waals surface area contributed by atoms with Gasteiger partial charge in [0, 0.05) is 18.9 Å². The van der Waals surface area contributed by atoms with Crippen LogP contribution in [0.2, 0.25) is 0 Å². The maximum Gasteiger partial charge on any atom is 0.261 e. The summed E-state index contributed by atoms with van der Waals surface area (Å²) in [5.74, 6) is 1.09. The van der Waals surface area contributed by atoms with Crippen LogP contribution in [0.5, 0.6) is 0 Å². The van der Waals surface area contributed by atoms with Crippen LogP contribution < -0.4 is 0 Å². The number of amides is 1. The van der Waals surface area contributed by atoms with Gasteiger partial charge in [0.15, 0.2) is 5.78 Å². The van der Waals surface area contributed by atoms with E-state index >= 15 is 0 Å². The Morgan fingerprint density at radius 2 is 1.93 bits per heavy atom. The van der Waals surface area contributed by atoms with Crippen molar-refractivity contribution in [1.29, 1.82) is 0 Å². The van der Waals surface area contributed by atoms with Gasteiger partial charge >= 0.3 is 0 Å². The molecule has 1 N–H and O–H groups in total. The molecule has 3 rings (SSSR count). The third-order valence-electron chi connectivity index (χ3n) is 8.17. The number of likely N-dealkylation sites (tertiary alicyclic amines) is 1. The molecule has 1 saturated carbocycles. The Hall–Kier alpha value is -1.84. The van der Waals surface area contributed by atoms with E-state index < -0.39 is 6.04 Å². The van der Waals surface area contributed by atoms with E-state index in [2.05, 4.69) is 39.0 Å². The minimum absolute atomic E-state index is 0.0214. The smallest absolute Gasteiger partial charge is 0.261 e. The maximum atomic E-state index is 13.3. The number of aliphatic hydroxyl groups excluding tert-OH is 1. The number of hydrogen-bond donors (Lipinski definition) is 1. The number of ketones is 1. The fourth-order valence-electron chi connectivity index (χ4n) is 6.36. The molecule has 1 heterocycles. The lowest BCUT2D eigenvalue weighted by Gasteiger charge is -2.47. The number of nitrogens with zero attached hydrogens (tertiary/aromatic N) is 1. The normalized spacial score (nSPS) is 39.9. The molecule has 0 aromatic rings. The molecule has 1 amide bonds. The summed E-state index contributed by atoms with van der Waals surface area (Å²) >= 11 is 0. The van der Waals surface area contributed by atoms with E-state index in [9.17, 15) is 14.7 Å². The van der Waals surface area contributed by atoms with E-state index in [1.807, 2.05) is 20.8 Å². The van der Waals surface area contributed by atoms with Gasteiger partial charge in [-0.1, -0.05) is 57.9 Å². The Labute approximate surface area is 182 Å². The number of likely N-dealkylation sites (N-methyl/N-ethyl adjacent to an activating group) is 1. The fraction of sp³-hybridized carbons (Fsp3) is 0.692. The Balaban J connectivity index is 2.12. The first kappa shape index (κ1) is 22.8. The minimum Gasteiger partial charge on any atom is -0.511 e. The summed E-state index contributed by atoms with van der Waals surface area (Å²) in [6, 6.07) is -0.473. The molecule has 0 aromatic heterocycles. The standard InChI is InChI=1S/C26H39NO3/c1-8-15(4)19-11-10-18-13-14(3)12-17(6)20(18)21(19)24(28)22-25(29)23(16(5)9-2)27(7)26(22)30/h8,10-11,14,16-21,23,28H,9,12-13H2,1-7H3/b15-8+,24-22+. The van der Waals surface area contributed by atoms with Crippen molar-refractivity contribution < 1.29 is 14.7 Å². The summed E-state index contributed by atoms with van der Waals surface area (Å²) in [7, 11) is 1.69. The zero-order chi connectivity index (χ0) is 22.3. The van der Waals surface area contributed by atoms with Gasteiger partial charge in [-0.05, 0) is 56.3 Å². The molecule has 3 aliphatic rings. The second-order valence-corrected chi connectivity index (χ2v) is 10.1. The predicted octanol–water partition coefficient (Wildman–Crippen LogP) is 5.32. The van der Waals surface area contributed by atoms with E-state index in [0.29, 0.717) is 17.8 Å². The van der Waals surface area contributed by atoms with E-state index in [1.54, 1.807) is 11.9 Å². The van der Waals surface area contributed by atoms with Gasteiger partial charge in [0.05, 0.1) is 6.04 Å². The van der Waals surface area contributed by atoms with Crippen molar-refractivity contribution >= 4 is 11.7 Å². The summed E-state index contributed by atoms with van der Waals surface area (Å²) in [5, 5.41) is 11.6. The predicted molar refractivity (Wildman–Crippen MR) is 121 cm³/mol. The van der Waals surface area contributed by atoms with Crippen LogP contribution in [0.4, 0.5) is 0 Å². The van der Waals surface area contributed by atoms with Crippen LogP contribution in [-0.2, 0) is 9.59 Å². The average Bonchev–Trinajstić information content (AvgIpc) is 2.93. The van der Waals surface area contributed by atoms with Crippen molar-refractivity contribution in [3.05, 3.63) is 35.1 Å². The fourth-order valence-corrected chi connectivity index (χ4v) is 6.36. The van der Waals surface area contributed by atoms with Crippen LogP contribution in [0.15, 0.2) is 35.1 Å². The lowest BCUT2D eigenvalue weighted by atomic mass is 9.57. The first-order valence-electron chi connectivity index (χ1n) is 11.7. The number of hydrogen-bond acceptors (Lipinski definition) is 3. The van der Waals surface area contributed by atoms with Crippen molar-refractivity contribution in [2.24, 2.45) is 41.4 Å². The molecule has 8 unspecified atom stereocenters. The average molecular weight is 414 g/mol. The molecule has 0 spiro atoms. The molecule has 1 saturated heterocycles. The van der Waals surface area contributed by atoms with Crippen LogP contribution >= 0.6 is 0 Å². The molecule has 0 radical (unpaired) electrons. The highest BCUT2D eigenvalue weighted by Gasteiger charge is 2.50. The largest absolute Gasteiger partial charge is 0.511 e. The monoisotopic (exact) mass is 413 g/mol. The molecule has 2 aliphatic carbocycles. The third-order valence-corrected chi connectivity index (χ3v) is 8.17. The number of Topliss-reactive ketones (excluding diaryl/α,β-unsaturated/α-hetero) is 1. The molecular weight excluding hydrogens is 374 g/mol. The van der Waals surface area contributed by atoms with Gasteiger partial charge in [0.2, 0.25) is 0 Å². The summed E-state index contributed by atoms with van der Waals surface area (Å²) < 4.78 is 0. The zero-order valence-corrected chi connectivity index (χ0v) is 19.7. The van der Waals surface area contributed by atoms with Crippen LogP contribution in [0.25, 0.3) is 0 Å². The first-order valence-corrected chi connectivity index (χ1v) is 11.7. The second-order valence-electron chi connectivity index (χ2n) is 10.1. The van der Waals surface area contributed by atoms with Crippen molar-refractivity contribution in [2.45, 2.75) is 66.8 Å². The SMILES string of the molecule is C/C=C(\C)C1C=CC2CC(C)CC(C)C2C1/C(O)=C1/C(=O)C(C(C)CC)N(C)C1=O. The molecular formula is C26H39NO3. The van der Waals surface area contributed by atoms with Crippen molar-refractivity contribution in [2.75, 3.05) is 7.05 Å².